The maximum Gasteiger partial charge on any atom is 0.0372 e. The molecule has 0 nitrogen and oxygen atoms in total. The van der Waals surface area contributed by atoms with Crippen molar-refractivity contribution in [2.45, 2.75) is 51.8 Å². The minimum Gasteiger partial charge on any atom is -0.123 e. The topological polar surface area (TPSA) is 0 Å². The van der Waals surface area contributed by atoms with Crippen LogP contribution < -0.4 is 0 Å². The van der Waals surface area contributed by atoms with Gasteiger partial charge in [0.25, 0.3) is 0 Å². The lowest BCUT2D eigenvalue weighted by molar-refractivity contribution is 0.142. The van der Waals surface area contributed by atoms with Crippen molar-refractivity contribution in [3.05, 3.63) is 34.3 Å². The summed E-state index contributed by atoms with van der Waals surface area (Å²) < 4.78 is 1.15. The summed E-state index contributed by atoms with van der Waals surface area (Å²) in [6, 6.07) is 8.71. The van der Waals surface area contributed by atoms with E-state index in [1.807, 2.05) is 0 Å². The van der Waals surface area contributed by atoms with Crippen LogP contribution in [0.15, 0.2) is 28.7 Å². The summed E-state index contributed by atoms with van der Waals surface area (Å²) in [6.45, 7) is 7.09. The van der Waals surface area contributed by atoms with Crippen LogP contribution in [0.1, 0.15) is 45.6 Å². The fourth-order valence-corrected chi connectivity index (χ4v) is 4.49. The van der Waals surface area contributed by atoms with E-state index in [1.54, 1.807) is 0 Å². The zero-order valence-corrected chi connectivity index (χ0v) is 14.5. The number of hydrogen-bond donors (Lipinski definition) is 0. The Kier molecular flexibility index (Phi) is 5.00. The molecular weight excluding hydrogens is 320 g/mol. The Morgan fingerprint density at radius 2 is 1.84 bits per heavy atom. The van der Waals surface area contributed by atoms with E-state index in [9.17, 15) is 0 Å². The molecule has 0 bridgehead atoms. The molecule has 2 rings (SSSR count). The molecule has 106 valence electrons. The predicted octanol–water partition coefficient (Wildman–Crippen LogP) is 6.06. The highest BCUT2D eigenvalue weighted by atomic mass is 79.9. The molecule has 0 aliphatic heterocycles. The zero-order valence-electron chi connectivity index (χ0n) is 12.1. The smallest absolute Gasteiger partial charge is 0.0372 e. The lowest BCUT2D eigenvalue weighted by atomic mass is 9.66. The summed E-state index contributed by atoms with van der Waals surface area (Å²) in [7, 11) is 0. The third-order valence-electron chi connectivity index (χ3n) is 4.61. The molecule has 0 spiro atoms. The predicted molar refractivity (Wildman–Crippen MR) is 87.8 cm³/mol. The lowest BCUT2D eigenvalue weighted by Crippen LogP contribution is -2.37. The summed E-state index contributed by atoms with van der Waals surface area (Å²) in [6.07, 6.45) is 4.90. The van der Waals surface area contributed by atoms with Crippen molar-refractivity contribution in [1.29, 1.82) is 0 Å². The molecule has 0 radical (unpaired) electrons. The highest BCUT2D eigenvalue weighted by Gasteiger charge is 2.37. The van der Waals surface area contributed by atoms with Gasteiger partial charge >= 0.3 is 0 Å². The van der Waals surface area contributed by atoms with Crippen molar-refractivity contribution in [1.82, 2.24) is 0 Å². The van der Waals surface area contributed by atoms with Gasteiger partial charge in [-0.15, -0.1) is 11.6 Å². The molecule has 0 aromatic heterocycles. The van der Waals surface area contributed by atoms with E-state index in [0.717, 1.165) is 16.8 Å². The highest BCUT2D eigenvalue weighted by Crippen LogP contribution is 2.44. The summed E-state index contributed by atoms with van der Waals surface area (Å²) in [5, 5.41) is 0.342. The summed E-state index contributed by atoms with van der Waals surface area (Å²) in [5.41, 5.74) is 1.69. The van der Waals surface area contributed by atoms with Crippen LogP contribution in [-0.2, 0) is 6.42 Å². The molecule has 1 fully saturated rings. The van der Waals surface area contributed by atoms with Crippen molar-refractivity contribution in [2.75, 3.05) is 0 Å². The van der Waals surface area contributed by atoms with Gasteiger partial charge in [-0.25, -0.2) is 0 Å². The van der Waals surface area contributed by atoms with Crippen LogP contribution >= 0.6 is 27.5 Å². The first-order chi connectivity index (χ1) is 8.88. The van der Waals surface area contributed by atoms with Crippen LogP contribution in [0.4, 0.5) is 0 Å². The van der Waals surface area contributed by atoms with E-state index in [4.69, 9.17) is 11.6 Å². The van der Waals surface area contributed by atoms with Crippen molar-refractivity contribution >= 4 is 27.5 Å². The first kappa shape index (κ1) is 15.4. The molecule has 0 heterocycles. The quantitative estimate of drug-likeness (QED) is 0.585. The second-order valence-electron chi connectivity index (χ2n) is 6.83. The summed E-state index contributed by atoms with van der Waals surface area (Å²) in [5.74, 6) is 1.43. The highest BCUT2D eigenvalue weighted by molar-refractivity contribution is 9.10. The summed E-state index contributed by atoms with van der Waals surface area (Å²) in [4.78, 5) is 0. The van der Waals surface area contributed by atoms with Crippen molar-refractivity contribution in [3.8, 4) is 0 Å². The molecule has 0 N–H and O–H groups in total. The molecule has 19 heavy (non-hydrogen) atoms. The Morgan fingerprint density at radius 1 is 1.21 bits per heavy atom. The first-order valence-electron chi connectivity index (χ1n) is 7.27. The molecule has 1 aliphatic rings. The Balaban J connectivity index is 2.07. The standard InChI is InChI=1S/C17H24BrCl/c1-12-4-9-15(16(19)10-12)17(2,3)11-13-5-7-14(18)8-6-13/h5-8,12,15-16H,4,9-11H2,1-3H3. The Morgan fingerprint density at radius 3 is 2.42 bits per heavy atom. The van der Waals surface area contributed by atoms with Crippen LogP contribution in [0.25, 0.3) is 0 Å². The molecule has 0 saturated heterocycles. The SMILES string of the molecule is CC1CCC(C(C)(C)Cc2ccc(Br)cc2)C(Cl)C1. The molecule has 3 atom stereocenters. The van der Waals surface area contributed by atoms with Gasteiger partial charge in [-0.05, 0) is 54.2 Å². The average molecular weight is 344 g/mol. The van der Waals surface area contributed by atoms with Crippen LogP contribution in [0, 0.1) is 17.3 Å². The fraction of sp³-hybridized carbons (Fsp3) is 0.647. The Hall–Kier alpha value is -0.0100. The van der Waals surface area contributed by atoms with Gasteiger partial charge in [-0.2, -0.15) is 0 Å². The van der Waals surface area contributed by atoms with Gasteiger partial charge in [0.15, 0.2) is 0 Å². The Bertz CT molecular complexity index is 410. The van der Waals surface area contributed by atoms with Gasteiger partial charge in [0.1, 0.15) is 0 Å². The molecule has 1 aromatic carbocycles. The molecule has 1 aromatic rings. The van der Waals surface area contributed by atoms with Crippen molar-refractivity contribution in [3.63, 3.8) is 0 Å². The third-order valence-corrected chi connectivity index (χ3v) is 5.62. The van der Waals surface area contributed by atoms with Crippen LogP contribution in [0.2, 0.25) is 0 Å². The van der Waals surface area contributed by atoms with E-state index in [-0.39, 0.29) is 5.41 Å². The average Bonchev–Trinajstić information content (AvgIpc) is 2.31. The number of hydrogen-bond acceptors (Lipinski definition) is 0. The minimum atomic E-state index is 0.278. The van der Waals surface area contributed by atoms with Gasteiger partial charge in [-0.3, -0.25) is 0 Å². The normalized spacial score (nSPS) is 28.4. The number of benzene rings is 1. The third kappa shape index (κ3) is 3.98. The molecule has 1 saturated carbocycles. The lowest BCUT2D eigenvalue weighted by Gasteiger charge is -2.42. The van der Waals surface area contributed by atoms with Gasteiger partial charge < -0.3 is 0 Å². The molecule has 1 aliphatic carbocycles. The van der Waals surface area contributed by atoms with E-state index in [2.05, 4.69) is 61.0 Å². The molecular formula is C17H24BrCl. The number of halogens is 2. The van der Waals surface area contributed by atoms with Gasteiger partial charge in [0, 0.05) is 9.85 Å². The van der Waals surface area contributed by atoms with Crippen LogP contribution in [-0.4, -0.2) is 5.38 Å². The minimum absolute atomic E-state index is 0.278. The second-order valence-corrected chi connectivity index (χ2v) is 8.31. The molecule has 2 heteroatoms. The van der Waals surface area contributed by atoms with Gasteiger partial charge in [-0.1, -0.05) is 55.3 Å². The van der Waals surface area contributed by atoms with Gasteiger partial charge in [0.05, 0.1) is 0 Å². The number of rotatable bonds is 3. The fourth-order valence-electron chi connectivity index (χ4n) is 3.45. The Labute approximate surface area is 131 Å². The number of alkyl halides is 1. The van der Waals surface area contributed by atoms with E-state index in [1.165, 1.54) is 24.8 Å². The molecule has 3 unspecified atom stereocenters. The second kappa shape index (κ2) is 6.18. The monoisotopic (exact) mass is 342 g/mol. The van der Waals surface area contributed by atoms with Crippen LogP contribution in [0.5, 0.6) is 0 Å². The first-order valence-corrected chi connectivity index (χ1v) is 8.50. The zero-order chi connectivity index (χ0) is 14.0. The largest absolute Gasteiger partial charge is 0.123 e. The maximum atomic E-state index is 6.65. The van der Waals surface area contributed by atoms with E-state index < -0.39 is 0 Å². The van der Waals surface area contributed by atoms with Crippen molar-refractivity contribution in [2.24, 2.45) is 17.3 Å². The van der Waals surface area contributed by atoms with Crippen molar-refractivity contribution < 1.29 is 0 Å². The van der Waals surface area contributed by atoms with Crippen LogP contribution in [0.3, 0.4) is 0 Å². The summed E-state index contributed by atoms with van der Waals surface area (Å²) >= 11 is 10.1. The molecule has 0 amide bonds. The van der Waals surface area contributed by atoms with Gasteiger partial charge in [0.2, 0.25) is 0 Å². The maximum absolute atomic E-state index is 6.65. The van der Waals surface area contributed by atoms with E-state index in [0.29, 0.717) is 11.3 Å². The van der Waals surface area contributed by atoms with E-state index >= 15 is 0 Å².